The molecule has 0 aliphatic heterocycles. The molecule has 0 aromatic carbocycles. The molecule has 0 aliphatic carbocycles. The zero-order chi connectivity index (χ0) is 13.7. The predicted molar refractivity (Wildman–Crippen MR) is 72.5 cm³/mol. The van der Waals surface area contributed by atoms with E-state index in [4.69, 9.17) is 9.47 Å². The summed E-state index contributed by atoms with van der Waals surface area (Å²) in [5.74, 6) is 1.92. The quantitative estimate of drug-likeness (QED) is 0.886. The van der Waals surface area contributed by atoms with Crippen molar-refractivity contribution < 1.29 is 9.47 Å². The van der Waals surface area contributed by atoms with Gasteiger partial charge in [-0.3, -0.25) is 4.98 Å². The van der Waals surface area contributed by atoms with Crippen LogP contribution in [-0.4, -0.2) is 35.7 Å². The molecule has 2 heterocycles. The van der Waals surface area contributed by atoms with Gasteiger partial charge in [-0.05, 0) is 13.0 Å². The number of anilines is 1. The van der Waals surface area contributed by atoms with Crippen LogP contribution >= 0.6 is 0 Å². The molecule has 2 aromatic rings. The van der Waals surface area contributed by atoms with Crippen LogP contribution in [0, 0.1) is 0 Å². The van der Waals surface area contributed by atoms with Gasteiger partial charge in [0.25, 0.3) is 0 Å². The first-order valence-corrected chi connectivity index (χ1v) is 5.95. The van der Waals surface area contributed by atoms with Crippen LogP contribution in [0.15, 0.2) is 24.8 Å². The SMILES string of the molecule is CCOc1cncc(-c2ncnc(NC)c2OC)c1. The zero-order valence-electron chi connectivity index (χ0n) is 11.2. The lowest BCUT2D eigenvalue weighted by Gasteiger charge is -2.11. The molecular formula is C13H16N4O2. The summed E-state index contributed by atoms with van der Waals surface area (Å²) in [5, 5.41) is 2.97. The summed E-state index contributed by atoms with van der Waals surface area (Å²) in [6.07, 6.45) is 4.86. The molecule has 0 amide bonds. The van der Waals surface area contributed by atoms with Gasteiger partial charge in [-0.2, -0.15) is 0 Å². The number of ether oxygens (including phenoxy) is 2. The first-order valence-electron chi connectivity index (χ1n) is 5.95. The van der Waals surface area contributed by atoms with Crippen molar-refractivity contribution >= 4 is 5.82 Å². The Morgan fingerprint density at radius 1 is 1.26 bits per heavy atom. The number of hydrogen-bond donors (Lipinski definition) is 1. The molecular weight excluding hydrogens is 244 g/mol. The highest BCUT2D eigenvalue weighted by molar-refractivity contribution is 5.72. The maximum absolute atomic E-state index is 5.44. The summed E-state index contributed by atoms with van der Waals surface area (Å²) in [6.45, 7) is 2.52. The van der Waals surface area contributed by atoms with Crippen LogP contribution in [0.1, 0.15) is 6.92 Å². The van der Waals surface area contributed by atoms with Crippen molar-refractivity contribution in [3.05, 3.63) is 24.8 Å². The second kappa shape index (κ2) is 5.99. The van der Waals surface area contributed by atoms with Crippen LogP contribution in [0.4, 0.5) is 5.82 Å². The molecule has 6 heteroatoms. The van der Waals surface area contributed by atoms with Crippen LogP contribution in [0.3, 0.4) is 0 Å². The Balaban J connectivity index is 2.49. The highest BCUT2D eigenvalue weighted by atomic mass is 16.5. The van der Waals surface area contributed by atoms with Gasteiger partial charge in [-0.15, -0.1) is 0 Å². The number of nitrogens with one attached hydrogen (secondary N) is 1. The maximum Gasteiger partial charge on any atom is 0.187 e. The van der Waals surface area contributed by atoms with Crippen LogP contribution < -0.4 is 14.8 Å². The summed E-state index contributed by atoms with van der Waals surface area (Å²) in [5.41, 5.74) is 1.50. The Morgan fingerprint density at radius 3 is 2.79 bits per heavy atom. The van der Waals surface area contributed by atoms with Gasteiger partial charge >= 0.3 is 0 Å². The van der Waals surface area contributed by atoms with E-state index in [1.54, 1.807) is 26.6 Å². The van der Waals surface area contributed by atoms with Crippen LogP contribution in [0.25, 0.3) is 11.3 Å². The third-order valence-electron chi connectivity index (χ3n) is 2.54. The monoisotopic (exact) mass is 260 g/mol. The zero-order valence-corrected chi connectivity index (χ0v) is 11.2. The van der Waals surface area contributed by atoms with Crippen LogP contribution in [0.5, 0.6) is 11.5 Å². The minimum Gasteiger partial charge on any atom is -0.492 e. The average molecular weight is 260 g/mol. The normalized spacial score (nSPS) is 10.1. The van der Waals surface area contributed by atoms with Gasteiger partial charge < -0.3 is 14.8 Å². The Hall–Kier alpha value is -2.37. The Kier molecular flexibility index (Phi) is 4.12. The molecule has 1 N–H and O–H groups in total. The summed E-state index contributed by atoms with van der Waals surface area (Å²) in [6, 6.07) is 1.88. The molecule has 0 unspecified atom stereocenters. The van der Waals surface area contributed by atoms with Gasteiger partial charge in [-0.1, -0.05) is 0 Å². The van der Waals surface area contributed by atoms with Gasteiger partial charge in [0.05, 0.1) is 19.9 Å². The fraction of sp³-hybridized carbons (Fsp3) is 0.308. The summed E-state index contributed by atoms with van der Waals surface area (Å²) in [4.78, 5) is 12.5. The lowest BCUT2D eigenvalue weighted by Crippen LogP contribution is -2.01. The molecule has 6 nitrogen and oxygen atoms in total. The standard InChI is InChI=1S/C13H16N4O2/c1-4-19-10-5-9(6-15-7-10)11-12(18-3)13(14-2)17-8-16-11/h5-8H,4H2,1-3H3,(H,14,16,17). The van der Waals surface area contributed by atoms with E-state index in [0.717, 1.165) is 5.56 Å². The molecule has 100 valence electrons. The van der Waals surface area contributed by atoms with Crippen molar-refractivity contribution in [3.63, 3.8) is 0 Å². The van der Waals surface area contributed by atoms with Crippen molar-refractivity contribution in [2.24, 2.45) is 0 Å². The molecule has 0 spiro atoms. The van der Waals surface area contributed by atoms with Crippen molar-refractivity contribution in [1.82, 2.24) is 15.0 Å². The molecule has 0 fully saturated rings. The fourth-order valence-electron chi connectivity index (χ4n) is 1.74. The molecule has 0 bridgehead atoms. The average Bonchev–Trinajstić information content (AvgIpc) is 2.47. The van der Waals surface area contributed by atoms with Gasteiger partial charge in [0.1, 0.15) is 17.8 Å². The number of nitrogens with zero attached hydrogens (tertiary/aromatic N) is 3. The van der Waals surface area contributed by atoms with E-state index >= 15 is 0 Å². The number of hydrogen-bond acceptors (Lipinski definition) is 6. The first kappa shape index (κ1) is 13.1. The number of methoxy groups -OCH3 is 1. The lowest BCUT2D eigenvalue weighted by molar-refractivity contribution is 0.339. The summed E-state index contributed by atoms with van der Waals surface area (Å²) in [7, 11) is 3.37. The van der Waals surface area contributed by atoms with Crippen molar-refractivity contribution in [2.45, 2.75) is 6.92 Å². The van der Waals surface area contributed by atoms with Gasteiger partial charge in [-0.25, -0.2) is 9.97 Å². The van der Waals surface area contributed by atoms with Crippen LogP contribution in [-0.2, 0) is 0 Å². The second-order valence-electron chi connectivity index (χ2n) is 3.70. The molecule has 2 aromatic heterocycles. The van der Waals surface area contributed by atoms with Crippen molar-refractivity contribution in [3.8, 4) is 22.8 Å². The molecule has 0 atom stereocenters. The molecule has 2 rings (SSSR count). The lowest BCUT2D eigenvalue weighted by atomic mass is 10.2. The fourth-order valence-corrected chi connectivity index (χ4v) is 1.74. The van der Waals surface area contributed by atoms with E-state index in [1.165, 1.54) is 6.33 Å². The molecule has 0 radical (unpaired) electrons. The number of aromatic nitrogens is 3. The van der Waals surface area contributed by atoms with Crippen LogP contribution in [0.2, 0.25) is 0 Å². The second-order valence-corrected chi connectivity index (χ2v) is 3.70. The van der Waals surface area contributed by atoms with E-state index < -0.39 is 0 Å². The highest BCUT2D eigenvalue weighted by Crippen LogP contribution is 2.33. The summed E-state index contributed by atoms with van der Waals surface area (Å²) >= 11 is 0. The third kappa shape index (κ3) is 2.73. The van der Waals surface area contributed by atoms with E-state index in [0.29, 0.717) is 29.6 Å². The first-order chi connectivity index (χ1) is 9.30. The van der Waals surface area contributed by atoms with Gasteiger partial charge in [0, 0.05) is 18.8 Å². The Bertz CT molecular complexity index is 560. The van der Waals surface area contributed by atoms with E-state index in [1.807, 2.05) is 13.0 Å². The molecule has 19 heavy (non-hydrogen) atoms. The third-order valence-corrected chi connectivity index (χ3v) is 2.54. The van der Waals surface area contributed by atoms with E-state index in [-0.39, 0.29) is 0 Å². The van der Waals surface area contributed by atoms with Gasteiger partial charge in [0.15, 0.2) is 11.6 Å². The largest absolute Gasteiger partial charge is 0.492 e. The molecule has 0 saturated carbocycles. The number of pyridine rings is 1. The van der Waals surface area contributed by atoms with E-state index in [9.17, 15) is 0 Å². The smallest absolute Gasteiger partial charge is 0.187 e. The minimum atomic E-state index is 0.584. The topological polar surface area (TPSA) is 69.2 Å². The van der Waals surface area contributed by atoms with Crippen molar-refractivity contribution in [2.75, 3.05) is 26.1 Å². The van der Waals surface area contributed by atoms with E-state index in [2.05, 4.69) is 20.3 Å². The maximum atomic E-state index is 5.44. The Labute approximate surface area is 111 Å². The predicted octanol–water partition coefficient (Wildman–Crippen LogP) is 1.99. The summed E-state index contributed by atoms with van der Waals surface area (Å²) < 4.78 is 10.8. The minimum absolute atomic E-state index is 0.584. The number of rotatable bonds is 5. The molecule has 0 saturated heterocycles. The van der Waals surface area contributed by atoms with Crippen molar-refractivity contribution in [1.29, 1.82) is 0 Å². The highest BCUT2D eigenvalue weighted by Gasteiger charge is 2.13. The molecule has 0 aliphatic rings. The Morgan fingerprint density at radius 2 is 2.11 bits per heavy atom. The van der Waals surface area contributed by atoms with Gasteiger partial charge in [0.2, 0.25) is 0 Å².